The molecular weight excluding hydrogens is 228 g/mol. The number of nitrogens with zero attached hydrogens (tertiary/aromatic N) is 2. The third kappa shape index (κ3) is 2.90. The fraction of sp³-hybridized carbons (Fsp3) is 0.692. The Kier molecular flexibility index (Phi) is 4.01. The molecule has 0 spiro atoms. The fourth-order valence-electron chi connectivity index (χ4n) is 2.30. The molecular formula is C13H22N4O. The van der Waals surface area contributed by atoms with Gasteiger partial charge in [-0.1, -0.05) is 13.8 Å². The van der Waals surface area contributed by atoms with E-state index in [0.29, 0.717) is 5.92 Å². The third-order valence-corrected chi connectivity index (χ3v) is 3.57. The zero-order chi connectivity index (χ0) is 13.1. The molecule has 1 saturated heterocycles. The number of piperidine rings is 1. The Morgan fingerprint density at radius 3 is 2.72 bits per heavy atom. The van der Waals surface area contributed by atoms with Crippen LogP contribution in [0.2, 0.25) is 0 Å². The highest BCUT2D eigenvalue weighted by Gasteiger charge is 2.20. The average molecular weight is 250 g/mol. The van der Waals surface area contributed by atoms with Crippen LogP contribution < -0.4 is 16.2 Å². The van der Waals surface area contributed by atoms with E-state index >= 15 is 0 Å². The predicted octanol–water partition coefficient (Wildman–Crippen LogP) is 1.07. The van der Waals surface area contributed by atoms with E-state index < -0.39 is 0 Å². The number of aromatic nitrogens is 2. The number of rotatable bonds is 3. The zero-order valence-corrected chi connectivity index (χ0v) is 11.1. The quantitative estimate of drug-likeness (QED) is 0.841. The first kappa shape index (κ1) is 13.1. The lowest BCUT2D eigenvalue weighted by molar-refractivity contribution is 0.412. The zero-order valence-electron chi connectivity index (χ0n) is 11.1. The van der Waals surface area contributed by atoms with Crippen molar-refractivity contribution in [2.24, 2.45) is 11.7 Å². The lowest BCUT2D eigenvalue weighted by atomic mass is 9.97. The van der Waals surface area contributed by atoms with Crippen molar-refractivity contribution in [3.8, 4) is 0 Å². The van der Waals surface area contributed by atoms with Gasteiger partial charge in [0, 0.05) is 25.1 Å². The van der Waals surface area contributed by atoms with Crippen molar-refractivity contribution in [3.63, 3.8) is 0 Å². The van der Waals surface area contributed by atoms with Crippen molar-refractivity contribution in [2.75, 3.05) is 24.5 Å². The van der Waals surface area contributed by atoms with Crippen molar-refractivity contribution in [1.82, 2.24) is 9.97 Å². The summed E-state index contributed by atoms with van der Waals surface area (Å²) in [6.45, 7) is 6.70. The van der Waals surface area contributed by atoms with E-state index in [1.165, 1.54) is 0 Å². The van der Waals surface area contributed by atoms with E-state index in [2.05, 4.69) is 14.9 Å². The summed E-state index contributed by atoms with van der Waals surface area (Å²) in [6.07, 6.45) is 2.17. The van der Waals surface area contributed by atoms with E-state index in [-0.39, 0.29) is 11.5 Å². The molecule has 0 atom stereocenters. The normalized spacial score (nSPS) is 17.4. The maximum absolute atomic E-state index is 11.6. The van der Waals surface area contributed by atoms with Crippen molar-refractivity contribution in [2.45, 2.75) is 32.6 Å². The van der Waals surface area contributed by atoms with Crippen molar-refractivity contribution >= 4 is 5.82 Å². The van der Waals surface area contributed by atoms with E-state index in [4.69, 9.17) is 5.73 Å². The summed E-state index contributed by atoms with van der Waals surface area (Å²) in [4.78, 5) is 21.2. The highest BCUT2D eigenvalue weighted by atomic mass is 16.1. The van der Waals surface area contributed by atoms with Gasteiger partial charge in [0.2, 0.25) is 0 Å². The lowest BCUT2D eigenvalue weighted by Crippen LogP contribution is -2.37. The smallest absolute Gasteiger partial charge is 0.252 e. The Morgan fingerprint density at radius 2 is 2.17 bits per heavy atom. The van der Waals surface area contributed by atoms with Crippen LogP contribution in [0.4, 0.5) is 5.82 Å². The summed E-state index contributed by atoms with van der Waals surface area (Å²) < 4.78 is 0. The highest BCUT2D eigenvalue weighted by molar-refractivity contribution is 5.38. The first-order valence-corrected chi connectivity index (χ1v) is 6.66. The van der Waals surface area contributed by atoms with E-state index in [1.807, 2.05) is 13.8 Å². The molecule has 18 heavy (non-hydrogen) atoms. The van der Waals surface area contributed by atoms with Gasteiger partial charge in [-0.05, 0) is 25.3 Å². The first-order valence-electron chi connectivity index (χ1n) is 6.66. The molecule has 5 nitrogen and oxygen atoms in total. The maximum Gasteiger partial charge on any atom is 0.252 e. The summed E-state index contributed by atoms with van der Waals surface area (Å²) in [7, 11) is 0. The number of hydrogen-bond acceptors (Lipinski definition) is 4. The number of hydrogen-bond donors (Lipinski definition) is 2. The van der Waals surface area contributed by atoms with Crippen molar-refractivity contribution < 1.29 is 0 Å². The SMILES string of the molecule is CC(C)c1nc(N2CCC(CN)CC2)cc(=O)[nH]1. The van der Waals surface area contributed by atoms with Crippen LogP contribution in [0.25, 0.3) is 0 Å². The maximum atomic E-state index is 11.6. The van der Waals surface area contributed by atoms with Crippen LogP contribution >= 0.6 is 0 Å². The third-order valence-electron chi connectivity index (χ3n) is 3.57. The topological polar surface area (TPSA) is 75.0 Å². The second-order valence-electron chi connectivity index (χ2n) is 5.31. The van der Waals surface area contributed by atoms with Gasteiger partial charge in [-0.3, -0.25) is 4.79 Å². The van der Waals surface area contributed by atoms with Crippen LogP contribution in [0.1, 0.15) is 38.4 Å². The molecule has 0 aliphatic carbocycles. The van der Waals surface area contributed by atoms with Gasteiger partial charge in [0.1, 0.15) is 11.6 Å². The molecule has 1 aromatic rings. The van der Waals surface area contributed by atoms with Gasteiger partial charge in [-0.15, -0.1) is 0 Å². The fourth-order valence-corrected chi connectivity index (χ4v) is 2.30. The van der Waals surface area contributed by atoms with Crippen molar-refractivity contribution in [3.05, 3.63) is 22.2 Å². The van der Waals surface area contributed by atoms with Gasteiger partial charge in [0.05, 0.1) is 0 Å². The van der Waals surface area contributed by atoms with Crippen LogP contribution in [0.5, 0.6) is 0 Å². The molecule has 0 radical (unpaired) electrons. The minimum atomic E-state index is -0.0651. The second kappa shape index (κ2) is 5.52. The number of nitrogens with two attached hydrogens (primary N) is 1. The van der Waals surface area contributed by atoms with E-state index in [1.54, 1.807) is 6.07 Å². The summed E-state index contributed by atoms with van der Waals surface area (Å²) in [5.41, 5.74) is 5.62. The van der Waals surface area contributed by atoms with Gasteiger partial charge >= 0.3 is 0 Å². The molecule has 1 aliphatic rings. The van der Waals surface area contributed by atoms with Gasteiger partial charge in [-0.25, -0.2) is 4.98 Å². The van der Waals surface area contributed by atoms with Crippen LogP contribution in [0.15, 0.2) is 10.9 Å². The monoisotopic (exact) mass is 250 g/mol. The summed E-state index contributed by atoms with van der Waals surface area (Å²) in [5.74, 6) is 2.42. The van der Waals surface area contributed by atoms with Crippen LogP contribution in [-0.2, 0) is 0 Å². The Morgan fingerprint density at radius 1 is 1.50 bits per heavy atom. The van der Waals surface area contributed by atoms with Crippen LogP contribution in [0.3, 0.4) is 0 Å². The van der Waals surface area contributed by atoms with Gasteiger partial charge in [-0.2, -0.15) is 0 Å². The van der Waals surface area contributed by atoms with E-state index in [0.717, 1.165) is 44.1 Å². The number of aromatic amines is 1. The Labute approximate surface area is 107 Å². The Bertz CT molecular complexity index is 447. The molecule has 0 saturated carbocycles. The molecule has 2 heterocycles. The molecule has 0 aromatic carbocycles. The van der Waals surface area contributed by atoms with Gasteiger partial charge in [0.15, 0.2) is 0 Å². The molecule has 0 unspecified atom stereocenters. The molecule has 1 fully saturated rings. The Balaban J connectivity index is 2.16. The highest BCUT2D eigenvalue weighted by Crippen LogP contribution is 2.21. The van der Waals surface area contributed by atoms with Crippen molar-refractivity contribution in [1.29, 1.82) is 0 Å². The molecule has 0 amide bonds. The number of nitrogens with one attached hydrogen (secondary N) is 1. The molecule has 5 heteroatoms. The predicted molar refractivity (Wildman–Crippen MR) is 72.9 cm³/mol. The van der Waals surface area contributed by atoms with E-state index in [9.17, 15) is 4.79 Å². The molecule has 2 rings (SSSR count). The lowest BCUT2D eigenvalue weighted by Gasteiger charge is -2.32. The standard InChI is InChI=1S/C13H22N4O/c1-9(2)13-15-11(7-12(18)16-13)17-5-3-10(8-14)4-6-17/h7,9-10H,3-6,8,14H2,1-2H3,(H,15,16,18). The van der Waals surface area contributed by atoms with Gasteiger partial charge < -0.3 is 15.6 Å². The molecule has 1 aliphatic heterocycles. The second-order valence-corrected chi connectivity index (χ2v) is 5.31. The van der Waals surface area contributed by atoms with Crippen LogP contribution in [-0.4, -0.2) is 29.6 Å². The Hall–Kier alpha value is -1.36. The summed E-state index contributed by atoms with van der Waals surface area (Å²) in [6, 6.07) is 1.59. The number of H-pyrrole nitrogens is 1. The average Bonchev–Trinajstić information content (AvgIpc) is 2.38. The molecule has 1 aromatic heterocycles. The van der Waals surface area contributed by atoms with Crippen LogP contribution in [0, 0.1) is 5.92 Å². The number of anilines is 1. The summed E-state index contributed by atoms with van der Waals surface area (Å²) >= 11 is 0. The van der Waals surface area contributed by atoms with Gasteiger partial charge in [0.25, 0.3) is 5.56 Å². The largest absolute Gasteiger partial charge is 0.356 e. The first-order chi connectivity index (χ1) is 8.60. The molecule has 3 N–H and O–H groups in total. The molecule has 0 bridgehead atoms. The summed E-state index contributed by atoms with van der Waals surface area (Å²) in [5, 5.41) is 0. The minimum Gasteiger partial charge on any atom is -0.356 e. The molecule has 100 valence electrons. The minimum absolute atomic E-state index is 0.0651.